The van der Waals surface area contributed by atoms with Crippen molar-refractivity contribution in [1.29, 1.82) is 0 Å². The molecule has 1 aliphatic heterocycles. The average molecular weight is 320 g/mol. The van der Waals surface area contributed by atoms with Gasteiger partial charge in [0, 0.05) is 25.5 Å². The van der Waals surface area contributed by atoms with Gasteiger partial charge in [-0.3, -0.25) is 4.31 Å². The first-order valence-electron chi connectivity index (χ1n) is 7.27. The van der Waals surface area contributed by atoms with Crippen LogP contribution in [0.4, 0.5) is 11.4 Å². The van der Waals surface area contributed by atoms with Gasteiger partial charge in [-0.2, -0.15) is 0 Å². The standard InChI is InChI=1S/C15H20N4O2S/c1-12-4-5-13(17-10-14-9-16-11-18(14)2)8-15(12)19-6-3-7-22(19,20)21/h4-5,8-9,11,17H,3,6-7,10H2,1-2H3. The second kappa shape index (κ2) is 5.64. The van der Waals surface area contributed by atoms with Crippen LogP contribution < -0.4 is 9.62 Å². The molecule has 2 heterocycles. The lowest BCUT2D eigenvalue weighted by Gasteiger charge is -2.20. The van der Waals surface area contributed by atoms with Crippen LogP contribution in [0.25, 0.3) is 0 Å². The van der Waals surface area contributed by atoms with Gasteiger partial charge in [0.25, 0.3) is 0 Å². The molecular formula is C15H20N4O2S. The van der Waals surface area contributed by atoms with Crippen molar-refractivity contribution in [2.24, 2.45) is 7.05 Å². The van der Waals surface area contributed by atoms with E-state index in [4.69, 9.17) is 0 Å². The Labute approximate surface area is 130 Å². The smallest absolute Gasteiger partial charge is 0.235 e. The van der Waals surface area contributed by atoms with Gasteiger partial charge < -0.3 is 9.88 Å². The molecule has 1 saturated heterocycles. The number of nitrogens with one attached hydrogen (secondary N) is 1. The summed E-state index contributed by atoms with van der Waals surface area (Å²) in [6, 6.07) is 5.83. The number of benzene rings is 1. The SMILES string of the molecule is Cc1ccc(NCc2cncn2C)cc1N1CCCS1(=O)=O. The molecule has 7 heteroatoms. The molecule has 0 unspecified atom stereocenters. The molecule has 1 aromatic heterocycles. The van der Waals surface area contributed by atoms with Crippen LogP contribution in [-0.4, -0.2) is 30.3 Å². The molecule has 1 N–H and O–H groups in total. The van der Waals surface area contributed by atoms with E-state index in [9.17, 15) is 8.42 Å². The Morgan fingerprint density at radius 1 is 1.36 bits per heavy atom. The minimum Gasteiger partial charge on any atom is -0.379 e. The van der Waals surface area contributed by atoms with Gasteiger partial charge in [0.15, 0.2) is 0 Å². The van der Waals surface area contributed by atoms with E-state index in [1.54, 1.807) is 6.33 Å². The van der Waals surface area contributed by atoms with Gasteiger partial charge in [0.2, 0.25) is 10.0 Å². The summed E-state index contributed by atoms with van der Waals surface area (Å²) >= 11 is 0. The minimum atomic E-state index is -3.15. The summed E-state index contributed by atoms with van der Waals surface area (Å²) in [7, 11) is -1.21. The fourth-order valence-electron chi connectivity index (χ4n) is 2.65. The van der Waals surface area contributed by atoms with Crippen molar-refractivity contribution < 1.29 is 8.42 Å². The van der Waals surface area contributed by atoms with Crippen LogP contribution in [-0.2, 0) is 23.6 Å². The molecule has 22 heavy (non-hydrogen) atoms. The largest absolute Gasteiger partial charge is 0.379 e. The second-order valence-electron chi connectivity index (χ2n) is 5.59. The molecule has 0 spiro atoms. The normalized spacial score (nSPS) is 16.9. The van der Waals surface area contributed by atoms with Crippen LogP contribution >= 0.6 is 0 Å². The monoisotopic (exact) mass is 320 g/mol. The Kier molecular flexibility index (Phi) is 3.82. The number of anilines is 2. The predicted molar refractivity (Wildman–Crippen MR) is 87.5 cm³/mol. The van der Waals surface area contributed by atoms with E-state index in [0.29, 0.717) is 19.5 Å². The number of imidazole rings is 1. The van der Waals surface area contributed by atoms with Gasteiger partial charge in [-0.1, -0.05) is 6.07 Å². The van der Waals surface area contributed by atoms with Gasteiger partial charge in [-0.25, -0.2) is 13.4 Å². The van der Waals surface area contributed by atoms with Crippen LogP contribution in [0.3, 0.4) is 0 Å². The highest BCUT2D eigenvalue weighted by molar-refractivity contribution is 7.93. The molecule has 0 bridgehead atoms. The molecule has 1 aromatic carbocycles. The summed E-state index contributed by atoms with van der Waals surface area (Å²) in [5.41, 5.74) is 3.71. The van der Waals surface area contributed by atoms with Crippen molar-refractivity contribution in [3.05, 3.63) is 42.0 Å². The molecule has 6 nitrogen and oxygen atoms in total. The van der Waals surface area contributed by atoms with E-state index < -0.39 is 10.0 Å². The summed E-state index contributed by atoms with van der Waals surface area (Å²) in [4.78, 5) is 4.08. The molecule has 0 radical (unpaired) electrons. The van der Waals surface area contributed by atoms with E-state index in [0.717, 1.165) is 22.6 Å². The average Bonchev–Trinajstić information content (AvgIpc) is 3.03. The number of sulfonamides is 1. The van der Waals surface area contributed by atoms with E-state index in [-0.39, 0.29) is 5.75 Å². The summed E-state index contributed by atoms with van der Waals surface area (Å²) in [6.45, 7) is 3.15. The first-order valence-corrected chi connectivity index (χ1v) is 8.88. The number of hydrogen-bond acceptors (Lipinski definition) is 4. The number of hydrogen-bond donors (Lipinski definition) is 1. The highest BCUT2D eigenvalue weighted by atomic mass is 32.2. The van der Waals surface area contributed by atoms with Crippen molar-refractivity contribution in [2.45, 2.75) is 19.9 Å². The first-order chi connectivity index (χ1) is 10.5. The predicted octanol–water partition coefficient (Wildman–Crippen LogP) is 1.88. The zero-order valence-electron chi connectivity index (χ0n) is 12.8. The molecule has 1 fully saturated rings. The van der Waals surface area contributed by atoms with Crippen LogP contribution in [0, 0.1) is 6.92 Å². The molecule has 2 aromatic rings. The highest BCUT2D eigenvalue weighted by Crippen LogP contribution is 2.30. The quantitative estimate of drug-likeness (QED) is 0.934. The fourth-order valence-corrected chi connectivity index (χ4v) is 4.26. The zero-order valence-corrected chi connectivity index (χ0v) is 13.6. The third-order valence-corrected chi connectivity index (χ3v) is 5.82. The number of rotatable bonds is 4. The van der Waals surface area contributed by atoms with Crippen molar-refractivity contribution in [2.75, 3.05) is 21.9 Å². The van der Waals surface area contributed by atoms with Crippen molar-refractivity contribution in [1.82, 2.24) is 9.55 Å². The third kappa shape index (κ3) is 2.81. The minimum absolute atomic E-state index is 0.235. The molecule has 118 valence electrons. The maximum Gasteiger partial charge on any atom is 0.235 e. The van der Waals surface area contributed by atoms with Gasteiger partial charge in [-0.05, 0) is 31.0 Å². The number of nitrogens with zero attached hydrogens (tertiary/aromatic N) is 3. The van der Waals surface area contributed by atoms with E-state index in [1.165, 1.54) is 4.31 Å². The van der Waals surface area contributed by atoms with Crippen LogP contribution in [0.2, 0.25) is 0 Å². The van der Waals surface area contributed by atoms with E-state index >= 15 is 0 Å². The number of aromatic nitrogens is 2. The third-order valence-electron chi connectivity index (χ3n) is 3.97. The Hall–Kier alpha value is -2.02. The Morgan fingerprint density at radius 3 is 2.82 bits per heavy atom. The molecule has 0 atom stereocenters. The van der Waals surface area contributed by atoms with Gasteiger partial charge >= 0.3 is 0 Å². The van der Waals surface area contributed by atoms with Gasteiger partial charge in [0.05, 0.1) is 30.0 Å². The summed E-state index contributed by atoms with van der Waals surface area (Å²) in [5.74, 6) is 0.235. The second-order valence-corrected chi connectivity index (χ2v) is 7.61. The Balaban J connectivity index is 1.82. The Morgan fingerprint density at radius 2 is 2.18 bits per heavy atom. The van der Waals surface area contributed by atoms with Crippen LogP contribution in [0.15, 0.2) is 30.7 Å². The Bertz CT molecular complexity index is 783. The van der Waals surface area contributed by atoms with Crippen LogP contribution in [0.5, 0.6) is 0 Å². The van der Waals surface area contributed by atoms with Gasteiger partial charge in [-0.15, -0.1) is 0 Å². The van der Waals surface area contributed by atoms with Crippen molar-refractivity contribution >= 4 is 21.4 Å². The summed E-state index contributed by atoms with van der Waals surface area (Å²) < 4.78 is 27.7. The van der Waals surface area contributed by atoms with Crippen LogP contribution in [0.1, 0.15) is 17.7 Å². The zero-order chi connectivity index (χ0) is 15.7. The molecule has 0 saturated carbocycles. The topological polar surface area (TPSA) is 67.2 Å². The van der Waals surface area contributed by atoms with Crippen molar-refractivity contribution in [3.8, 4) is 0 Å². The lowest BCUT2D eigenvalue weighted by molar-refractivity contribution is 0.599. The lowest BCUT2D eigenvalue weighted by atomic mass is 10.1. The van der Waals surface area contributed by atoms with Gasteiger partial charge in [0.1, 0.15) is 0 Å². The number of aryl methyl sites for hydroxylation is 2. The maximum absolute atomic E-state index is 12.1. The maximum atomic E-state index is 12.1. The van der Waals surface area contributed by atoms with E-state index in [2.05, 4.69) is 10.3 Å². The summed E-state index contributed by atoms with van der Waals surface area (Å²) in [6.07, 6.45) is 4.26. The highest BCUT2D eigenvalue weighted by Gasteiger charge is 2.29. The van der Waals surface area contributed by atoms with Crippen molar-refractivity contribution in [3.63, 3.8) is 0 Å². The fraction of sp³-hybridized carbons (Fsp3) is 0.400. The first kappa shape index (κ1) is 14.9. The van der Waals surface area contributed by atoms with E-state index in [1.807, 2.05) is 42.9 Å². The lowest BCUT2D eigenvalue weighted by Crippen LogP contribution is -2.25. The molecule has 0 amide bonds. The molecule has 0 aliphatic carbocycles. The molecule has 3 rings (SSSR count). The molecule has 1 aliphatic rings. The summed E-state index contributed by atoms with van der Waals surface area (Å²) in [5, 5.41) is 3.32. The molecular weight excluding hydrogens is 300 g/mol.